The van der Waals surface area contributed by atoms with Gasteiger partial charge in [-0.05, 0) is 66.4 Å². The number of hydrogen-bond donors (Lipinski definition) is 1. The molecule has 1 saturated heterocycles. The number of nitrogens with zero attached hydrogens (tertiary/aromatic N) is 2. The summed E-state index contributed by atoms with van der Waals surface area (Å²) in [6, 6.07) is 26.7. The van der Waals surface area contributed by atoms with Crippen molar-refractivity contribution in [2.45, 2.75) is 32.9 Å². The van der Waals surface area contributed by atoms with Crippen LogP contribution >= 0.6 is 11.3 Å². The molecule has 1 atom stereocenters. The van der Waals surface area contributed by atoms with E-state index in [9.17, 15) is 14.7 Å². The van der Waals surface area contributed by atoms with E-state index in [1.807, 2.05) is 62.4 Å². The molecule has 45 heavy (non-hydrogen) atoms. The minimum atomic E-state index is -0.982. The number of hydrogen-bond acceptors (Lipinski definition) is 8. The van der Waals surface area contributed by atoms with Crippen LogP contribution < -0.4 is 19.1 Å². The Morgan fingerprint density at radius 3 is 2.53 bits per heavy atom. The number of thiazole rings is 1. The van der Waals surface area contributed by atoms with E-state index in [0.29, 0.717) is 52.2 Å². The normalized spacial score (nSPS) is 15.9. The molecule has 0 spiro atoms. The fraction of sp³-hybridized carbons (Fsp3) is 0.194. The molecule has 0 radical (unpaired) electrons. The lowest BCUT2D eigenvalue weighted by atomic mass is 9.95. The maximum Gasteiger partial charge on any atom is 0.301 e. The molecule has 1 fully saturated rings. The van der Waals surface area contributed by atoms with Crippen molar-refractivity contribution in [2.75, 3.05) is 18.6 Å². The van der Waals surface area contributed by atoms with E-state index < -0.39 is 17.7 Å². The van der Waals surface area contributed by atoms with Crippen LogP contribution in [0.4, 0.5) is 5.13 Å². The number of Topliss-reactive ketones (excluding diaryl/α,β-unsaturated/α-hetero) is 1. The highest BCUT2D eigenvalue weighted by molar-refractivity contribution is 7.22. The SMILES string of the molecule is CCCOc1cccc(C(O)=C2C(=O)C(=O)N(c3nc4ccc(C)cc4s3)C2c2ccc(OCc3ccccc3)c(OC)c2)c1. The van der Waals surface area contributed by atoms with Crippen LogP contribution in [0.25, 0.3) is 16.0 Å². The van der Waals surface area contributed by atoms with Crippen LogP contribution in [0.2, 0.25) is 0 Å². The molecule has 4 aromatic carbocycles. The molecule has 1 N–H and O–H groups in total. The molecule has 228 valence electrons. The molecule has 1 aliphatic heterocycles. The fourth-order valence-corrected chi connectivity index (χ4v) is 6.38. The van der Waals surface area contributed by atoms with Gasteiger partial charge in [0.2, 0.25) is 0 Å². The van der Waals surface area contributed by atoms with Crippen LogP contribution in [-0.4, -0.2) is 35.5 Å². The van der Waals surface area contributed by atoms with Crippen molar-refractivity contribution in [3.63, 3.8) is 0 Å². The molecule has 6 rings (SSSR count). The van der Waals surface area contributed by atoms with E-state index in [1.165, 1.54) is 23.3 Å². The van der Waals surface area contributed by atoms with Crippen molar-refractivity contribution in [1.82, 2.24) is 4.98 Å². The third kappa shape index (κ3) is 5.99. The number of aryl methyl sites for hydroxylation is 1. The highest BCUT2D eigenvalue weighted by atomic mass is 32.1. The average Bonchev–Trinajstić information content (AvgIpc) is 3.60. The Balaban J connectivity index is 1.47. The molecule has 0 aliphatic carbocycles. The average molecular weight is 621 g/mol. The van der Waals surface area contributed by atoms with E-state index in [1.54, 1.807) is 42.5 Å². The number of carbonyl (C=O) groups excluding carboxylic acids is 2. The number of benzene rings is 4. The van der Waals surface area contributed by atoms with Gasteiger partial charge in [0.1, 0.15) is 18.1 Å². The number of anilines is 1. The van der Waals surface area contributed by atoms with E-state index in [0.717, 1.165) is 22.2 Å². The van der Waals surface area contributed by atoms with Crippen molar-refractivity contribution in [3.8, 4) is 17.2 Å². The molecule has 0 bridgehead atoms. The van der Waals surface area contributed by atoms with Crippen LogP contribution in [0, 0.1) is 6.92 Å². The fourth-order valence-electron chi connectivity index (χ4n) is 5.29. The van der Waals surface area contributed by atoms with Crippen LogP contribution in [0.1, 0.15) is 41.6 Å². The monoisotopic (exact) mass is 620 g/mol. The van der Waals surface area contributed by atoms with E-state index >= 15 is 0 Å². The van der Waals surface area contributed by atoms with E-state index in [4.69, 9.17) is 19.2 Å². The second-order valence-electron chi connectivity index (χ2n) is 10.7. The lowest BCUT2D eigenvalue weighted by Crippen LogP contribution is -2.29. The van der Waals surface area contributed by atoms with Crippen molar-refractivity contribution in [2.24, 2.45) is 0 Å². The first-order chi connectivity index (χ1) is 21.9. The van der Waals surface area contributed by atoms with Gasteiger partial charge >= 0.3 is 5.91 Å². The van der Waals surface area contributed by atoms with Gasteiger partial charge in [-0.15, -0.1) is 0 Å². The highest BCUT2D eigenvalue weighted by Gasteiger charge is 2.48. The number of aromatic nitrogens is 1. The second kappa shape index (κ2) is 12.8. The van der Waals surface area contributed by atoms with Gasteiger partial charge in [0, 0.05) is 5.56 Å². The van der Waals surface area contributed by atoms with Gasteiger partial charge < -0.3 is 19.3 Å². The van der Waals surface area contributed by atoms with Gasteiger partial charge in [0.25, 0.3) is 5.78 Å². The topological polar surface area (TPSA) is 98.2 Å². The molecule has 1 amide bonds. The molecule has 8 nitrogen and oxygen atoms in total. The first-order valence-electron chi connectivity index (χ1n) is 14.6. The zero-order valence-electron chi connectivity index (χ0n) is 25.2. The number of aliphatic hydroxyl groups is 1. The van der Waals surface area contributed by atoms with E-state index in [-0.39, 0.29) is 11.3 Å². The summed E-state index contributed by atoms with van der Waals surface area (Å²) in [5, 5.41) is 12.0. The van der Waals surface area contributed by atoms with Gasteiger partial charge in [0.15, 0.2) is 16.6 Å². The Kier molecular flexibility index (Phi) is 8.53. The van der Waals surface area contributed by atoms with Crippen LogP contribution in [0.3, 0.4) is 0 Å². The summed E-state index contributed by atoms with van der Waals surface area (Å²) in [6.45, 7) is 4.82. The maximum atomic E-state index is 13.8. The molecule has 5 aromatic rings. The lowest BCUT2D eigenvalue weighted by Gasteiger charge is -2.24. The molecule has 1 aliphatic rings. The number of amides is 1. The summed E-state index contributed by atoms with van der Waals surface area (Å²) in [7, 11) is 1.53. The molecule has 1 aromatic heterocycles. The number of rotatable bonds is 10. The van der Waals surface area contributed by atoms with Gasteiger partial charge in [-0.3, -0.25) is 14.5 Å². The van der Waals surface area contributed by atoms with Crippen LogP contribution in [0.5, 0.6) is 17.2 Å². The molecular formula is C36H32N2O6S. The number of aliphatic hydroxyl groups excluding tert-OH is 1. The molecule has 1 unspecified atom stereocenters. The summed E-state index contributed by atoms with van der Waals surface area (Å²) in [5.74, 6) is -0.421. The van der Waals surface area contributed by atoms with Crippen molar-refractivity contribution < 1.29 is 28.9 Å². The summed E-state index contributed by atoms with van der Waals surface area (Å²) in [5.41, 5.74) is 3.62. The molecule has 9 heteroatoms. The predicted octanol–water partition coefficient (Wildman–Crippen LogP) is 7.61. The largest absolute Gasteiger partial charge is 0.507 e. The van der Waals surface area contributed by atoms with Crippen LogP contribution in [0.15, 0.2) is 96.6 Å². The Labute approximate surface area is 265 Å². The van der Waals surface area contributed by atoms with Crippen molar-refractivity contribution >= 4 is 44.1 Å². The summed E-state index contributed by atoms with van der Waals surface area (Å²) >= 11 is 1.31. The van der Waals surface area contributed by atoms with E-state index in [2.05, 4.69) is 0 Å². The predicted molar refractivity (Wildman–Crippen MR) is 175 cm³/mol. The van der Waals surface area contributed by atoms with Gasteiger partial charge in [0.05, 0.1) is 35.5 Å². The number of methoxy groups -OCH3 is 1. The standard InChI is InChI=1S/C36H32N2O6S/c1-4-17-43-26-12-8-11-25(19-26)33(39)31-32(24-14-16-28(29(20-24)42-3)44-21-23-9-6-5-7-10-23)38(35(41)34(31)40)36-37-27-15-13-22(2)18-30(27)45-36/h5-16,18-20,32,39H,4,17,21H2,1-3H3. The zero-order valence-corrected chi connectivity index (χ0v) is 26.0. The van der Waals surface area contributed by atoms with Gasteiger partial charge in [-0.2, -0.15) is 0 Å². The summed E-state index contributed by atoms with van der Waals surface area (Å²) in [6.07, 6.45) is 0.815. The third-order valence-electron chi connectivity index (χ3n) is 7.50. The smallest absolute Gasteiger partial charge is 0.301 e. The number of fused-ring (bicyclic) bond motifs is 1. The first-order valence-corrected chi connectivity index (χ1v) is 15.5. The minimum Gasteiger partial charge on any atom is -0.507 e. The summed E-state index contributed by atoms with van der Waals surface area (Å²) in [4.78, 5) is 33.7. The molecule has 2 heterocycles. The number of carbonyl (C=O) groups is 2. The zero-order chi connectivity index (χ0) is 31.5. The number of ketones is 1. The summed E-state index contributed by atoms with van der Waals surface area (Å²) < 4.78 is 18.4. The van der Waals surface area contributed by atoms with Crippen molar-refractivity contribution in [3.05, 3.63) is 119 Å². The Morgan fingerprint density at radius 1 is 0.933 bits per heavy atom. The van der Waals surface area contributed by atoms with Gasteiger partial charge in [-0.25, -0.2) is 4.98 Å². The minimum absolute atomic E-state index is 0.0527. The Bertz CT molecular complexity index is 1920. The third-order valence-corrected chi connectivity index (χ3v) is 8.52. The Morgan fingerprint density at radius 2 is 1.76 bits per heavy atom. The highest BCUT2D eigenvalue weighted by Crippen LogP contribution is 2.46. The second-order valence-corrected chi connectivity index (χ2v) is 11.7. The lowest BCUT2D eigenvalue weighted by molar-refractivity contribution is -0.132. The van der Waals surface area contributed by atoms with Gasteiger partial charge in [-0.1, -0.05) is 72.9 Å². The Hall–Kier alpha value is -5.15. The maximum absolute atomic E-state index is 13.8. The van der Waals surface area contributed by atoms with Crippen LogP contribution in [-0.2, 0) is 16.2 Å². The first kappa shape index (κ1) is 29.9. The van der Waals surface area contributed by atoms with Crippen molar-refractivity contribution in [1.29, 1.82) is 0 Å². The number of ether oxygens (including phenoxy) is 3. The quantitative estimate of drug-likeness (QED) is 0.0975. The molecule has 0 saturated carbocycles. The molecular weight excluding hydrogens is 588 g/mol.